The summed E-state index contributed by atoms with van der Waals surface area (Å²) in [6, 6.07) is 7.20. The van der Waals surface area contributed by atoms with Crippen molar-refractivity contribution >= 4 is 28.7 Å². The molecule has 1 aromatic carbocycles. The molecule has 2 aliphatic heterocycles. The van der Waals surface area contributed by atoms with E-state index >= 15 is 8.78 Å². The molecule has 2 amide bonds. The van der Waals surface area contributed by atoms with Gasteiger partial charge in [-0.25, -0.2) is 23.3 Å². The molecule has 4 aromatic heterocycles. The smallest absolute Gasteiger partial charge is 0.249 e. The van der Waals surface area contributed by atoms with Crippen molar-refractivity contribution in [3.63, 3.8) is 0 Å². The minimum absolute atomic E-state index is 0.0696. The van der Waals surface area contributed by atoms with Gasteiger partial charge in [-0.1, -0.05) is 0 Å². The summed E-state index contributed by atoms with van der Waals surface area (Å²) in [6.07, 6.45) is 12.5. The number of fused-ring (bicyclic) bond motifs is 1. The molecular formula is C36H34F3N11O2. The number of hydrogen-bond donors (Lipinski definition) is 2. The van der Waals surface area contributed by atoms with Gasteiger partial charge in [-0.15, -0.1) is 0 Å². The molecule has 0 bridgehead atoms. The molecular weight excluding hydrogens is 675 g/mol. The van der Waals surface area contributed by atoms with Crippen LogP contribution in [0.2, 0.25) is 0 Å². The summed E-state index contributed by atoms with van der Waals surface area (Å²) in [5.74, 6) is -2.87. The molecule has 16 heteroatoms. The average Bonchev–Trinajstić information content (AvgIpc) is 3.81. The monoisotopic (exact) mass is 709 g/mol. The third kappa shape index (κ3) is 6.43. The molecule has 266 valence electrons. The van der Waals surface area contributed by atoms with Crippen LogP contribution in [0.4, 0.5) is 24.5 Å². The zero-order chi connectivity index (χ0) is 35.9. The first-order valence-corrected chi connectivity index (χ1v) is 17.3. The number of pyridine rings is 1. The van der Waals surface area contributed by atoms with Crippen LogP contribution in [0.15, 0.2) is 55.2 Å². The van der Waals surface area contributed by atoms with Crippen LogP contribution in [0.1, 0.15) is 50.1 Å². The van der Waals surface area contributed by atoms with Crippen molar-refractivity contribution in [1.82, 2.24) is 39.6 Å². The maximum absolute atomic E-state index is 15.2. The number of halogens is 3. The van der Waals surface area contributed by atoms with Gasteiger partial charge in [0.05, 0.1) is 36.0 Å². The van der Waals surface area contributed by atoms with Gasteiger partial charge in [0.2, 0.25) is 17.8 Å². The highest BCUT2D eigenvalue weighted by atomic mass is 19.1. The fourth-order valence-electron chi connectivity index (χ4n) is 7.60. The van der Waals surface area contributed by atoms with Crippen LogP contribution in [0.5, 0.6) is 0 Å². The number of anilines is 2. The van der Waals surface area contributed by atoms with E-state index in [4.69, 9.17) is 4.98 Å². The summed E-state index contributed by atoms with van der Waals surface area (Å²) >= 11 is 0. The van der Waals surface area contributed by atoms with E-state index in [1.54, 1.807) is 27.9 Å². The van der Waals surface area contributed by atoms with Crippen molar-refractivity contribution < 1.29 is 22.8 Å². The third-order valence-corrected chi connectivity index (χ3v) is 10.3. The first kappa shape index (κ1) is 33.3. The Morgan fingerprint density at radius 1 is 0.865 bits per heavy atom. The van der Waals surface area contributed by atoms with Crippen LogP contribution in [0.3, 0.4) is 0 Å². The maximum Gasteiger partial charge on any atom is 0.249 e. The normalized spacial score (nSPS) is 21.3. The number of benzene rings is 1. The van der Waals surface area contributed by atoms with E-state index in [0.29, 0.717) is 60.3 Å². The molecule has 3 fully saturated rings. The highest BCUT2D eigenvalue weighted by Gasteiger charge is 2.32. The van der Waals surface area contributed by atoms with E-state index < -0.39 is 29.5 Å². The Kier molecular flexibility index (Phi) is 8.79. The second-order valence-electron chi connectivity index (χ2n) is 13.4. The van der Waals surface area contributed by atoms with E-state index in [1.165, 1.54) is 30.6 Å². The number of nitrogens with one attached hydrogen (secondary N) is 2. The van der Waals surface area contributed by atoms with Crippen molar-refractivity contribution in [3.05, 3.63) is 78.4 Å². The second kappa shape index (κ2) is 13.7. The van der Waals surface area contributed by atoms with E-state index in [2.05, 4.69) is 36.8 Å². The fourth-order valence-corrected chi connectivity index (χ4v) is 7.60. The number of carbonyl (C=O) groups excluding carboxylic acids is 2. The first-order chi connectivity index (χ1) is 25.2. The van der Waals surface area contributed by atoms with E-state index in [0.717, 1.165) is 31.2 Å². The lowest BCUT2D eigenvalue weighted by Crippen LogP contribution is -2.51. The number of hydrogen-bond acceptors (Lipinski definition) is 10. The molecule has 2 saturated heterocycles. The standard InChI is InChI=1S/C36H34F3N11O2/c37-27-13-24(44-29-6-8-32(51)46-36(29)52)14-28(38)35(27)48-11-9-47(10-12-48)25-2-4-26(5-3-25)49-19-23(18-42-49)30-20-50-34(22(15-40)17-43-50)33(45-30)21-1-7-31(39)41-16-21/h1,7,13-14,16-20,25-26,29,44H,2-6,8-12H2,(H,46,51,52). The molecule has 0 radical (unpaired) electrons. The Hall–Kier alpha value is -5.82. The van der Waals surface area contributed by atoms with Crippen LogP contribution < -0.4 is 15.5 Å². The van der Waals surface area contributed by atoms with Crippen molar-refractivity contribution in [1.29, 1.82) is 5.26 Å². The number of piperidine rings is 1. The van der Waals surface area contributed by atoms with Gasteiger partial charge >= 0.3 is 0 Å². The number of carbonyl (C=O) groups is 2. The Morgan fingerprint density at radius 3 is 2.31 bits per heavy atom. The molecule has 3 aliphatic rings. The summed E-state index contributed by atoms with van der Waals surface area (Å²) in [4.78, 5) is 36.3. The highest BCUT2D eigenvalue weighted by Crippen LogP contribution is 2.35. The number of imide groups is 1. The van der Waals surface area contributed by atoms with E-state index in [9.17, 15) is 19.2 Å². The summed E-state index contributed by atoms with van der Waals surface area (Å²) in [5.41, 5.74) is 3.36. The third-order valence-electron chi connectivity index (χ3n) is 10.3. The van der Waals surface area contributed by atoms with Gasteiger partial charge in [-0.3, -0.25) is 24.5 Å². The molecule has 1 unspecified atom stereocenters. The molecule has 8 rings (SSSR count). The number of aromatic nitrogens is 6. The molecule has 5 aromatic rings. The molecule has 0 spiro atoms. The number of amides is 2. The Balaban J connectivity index is 0.889. The van der Waals surface area contributed by atoms with Crippen LogP contribution in [-0.4, -0.2) is 84.3 Å². The highest BCUT2D eigenvalue weighted by molar-refractivity contribution is 6.01. The zero-order valence-electron chi connectivity index (χ0n) is 28.0. The van der Waals surface area contributed by atoms with Crippen molar-refractivity contribution in [2.24, 2.45) is 0 Å². The van der Waals surface area contributed by atoms with Crippen molar-refractivity contribution in [3.8, 4) is 28.6 Å². The number of nitrogens with zero attached hydrogens (tertiary/aromatic N) is 9. The van der Waals surface area contributed by atoms with Gasteiger partial charge in [0, 0.05) is 67.8 Å². The molecule has 6 heterocycles. The lowest BCUT2D eigenvalue weighted by Gasteiger charge is -2.42. The van der Waals surface area contributed by atoms with Crippen molar-refractivity contribution in [2.45, 2.75) is 56.7 Å². The van der Waals surface area contributed by atoms with Gasteiger partial charge in [0.15, 0.2) is 11.6 Å². The van der Waals surface area contributed by atoms with Crippen LogP contribution in [0.25, 0.3) is 28.0 Å². The zero-order valence-corrected chi connectivity index (χ0v) is 28.0. The van der Waals surface area contributed by atoms with Gasteiger partial charge < -0.3 is 10.2 Å². The van der Waals surface area contributed by atoms with Gasteiger partial charge in [-0.05, 0) is 56.4 Å². The first-order valence-electron chi connectivity index (χ1n) is 17.3. The minimum atomic E-state index is -0.731. The summed E-state index contributed by atoms with van der Waals surface area (Å²) in [7, 11) is 0. The molecule has 1 saturated carbocycles. The Labute approximate surface area is 296 Å². The Bertz CT molecular complexity index is 2170. The average molecular weight is 710 g/mol. The predicted octanol–water partition coefficient (Wildman–Crippen LogP) is 4.47. The fraction of sp³-hybridized carbons (Fsp3) is 0.361. The molecule has 52 heavy (non-hydrogen) atoms. The molecule has 1 atom stereocenters. The lowest BCUT2D eigenvalue weighted by molar-refractivity contribution is -0.133. The SMILES string of the molecule is N#Cc1cnn2cc(-c3cnn(C4CCC(N5CCN(c6c(F)cc(NC7CCC(=O)NC7=O)cc6F)CC5)CC4)c3)nc(-c3ccc(F)nc3)c12. The van der Waals surface area contributed by atoms with Gasteiger partial charge in [0.1, 0.15) is 28.9 Å². The van der Waals surface area contributed by atoms with Crippen LogP contribution in [-0.2, 0) is 9.59 Å². The molecule has 1 aliphatic carbocycles. The van der Waals surface area contributed by atoms with Gasteiger partial charge in [0.25, 0.3) is 0 Å². The second-order valence-corrected chi connectivity index (χ2v) is 13.4. The summed E-state index contributed by atoms with van der Waals surface area (Å²) in [5, 5.41) is 23.8. The minimum Gasteiger partial charge on any atom is -0.373 e. The summed E-state index contributed by atoms with van der Waals surface area (Å²) < 4.78 is 47.6. The van der Waals surface area contributed by atoms with Crippen LogP contribution >= 0.6 is 0 Å². The molecule has 13 nitrogen and oxygen atoms in total. The predicted molar refractivity (Wildman–Crippen MR) is 183 cm³/mol. The number of rotatable bonds is 7. The van der Waals surface area contributed by atoms with E-state index in [-0.39, 0.29) is 36.2 Å². The largest absolute Gasteiger partial charge is 0.373 e. The number of piperazine rings is 1. The maximum atomic E-state index is 15.2. The summed E-state index contributed by atoms with van der Waals surface area (Å²) in [6.45, 7) is 2.32. The molecule has 2 N–H and O–H groups in total. The van der Waals surface area contributed by atoms with E-state index in [1.807, 2.05) is 10.9 Å². The Morgan fingerprint density at radius 2 is 1.62 bits per heavy atom. The lowest BCUT2D eigenvalue weighted by atomic mass is 9.90. The van der Waals surface area contributed by atoms with Crippen LogP contribution in [0, 0.1) is 28.9 Å². The topological polar surface area (TPSA) is 149 Å². The number of nitriles is 1. The van der Waals surface area contributed by atoms with Gasteiger partial charge in [-0.2, -0.15) is 19.8 Å². The van der Waals surface area contributed by atoms with Crippen molar-refractivity contribution in [2.75, 3.05) is 36.4 Å². The quantitative estimate of drug-likeness (QED) is 0.183.